The Kier molecular flexibility index (Phi) is 6.57. The molecule has 2 N–H and O–H groups in total. The zero-order valence-electron chi connectivity index (χ0n) is 11.2. The summed E-state index contributed by atoms with van der Waals surface area (Å²) in [5, 5.41) is 6.47. The van der Waals surface area contributed by atoms with Gasteiger partial charge in [-0.2, -0.15) is 11.8 Å². The fourth-order valence-electron chi connectivity index (χ4n) is 1.32. The van der Waals surface area contributed by atoms with Gasteiger partial charge >= 0.3 is 0 Å². The maximum atomic E-state index is 11.9. The molecule has 100 valence electrons. The third kappa shape index (κ3) is 4.96. The minimum absolute atomic E-state index is 0.115. The van der Waals surface area contributed by atoms with Crippen LogP contribution in [0, 0.1) is 0 Å². The molecule has 1 amide bonds. The van der Waals surface area contributed by atoms with Gasteiger partial charge in [0.2, 0.25) is 0 Å². The minimum Gasteiger partial charge on any atom is -0.370 e. The Labute approximate surface area is 113 Å². The first-order valence-corrected chi connectivity index (χ1v) is 7.48. The molecule has 1 unspecified atom stereocenters. The van der Waals surface area contributed by atoms with Gasteiger partial charge in [-0.3, -0.25) is 4.79 Å². The van der Waals surface area contributed by atoms with Crippen molar-refractivity contribution in [3.05, 3.63) is 23.9 Å². The number of hydrogen-bond donors (Lipinski definition) is 2. The molecule has 18 heavy (non-hydrogen) atoms. The molecule has 5 heteroatoms. The Morgan fingerprint density at radius 1 is 1.50 bits per heavy atom. The van der Waals surface area contributed by atoms with Crippen molar-refractivity contribution in [3.63, 3.8) is 0 Å². The van der Waals surface area contributed by atoms with Crippen LogP contribution in [0.1, 0.15) is 30.8 Å². The smallest absolute Gasteiger partial charge is 0.270 e. The molecular weight excluding hydrogens is 246 g/mol. The van der Waals surface area contributed by atoms with Crippen molar-refractivity contribution in [1.29, 1.82) is 0 Å². The number of carbonyl (C=O) groups is 1. The topological polar surface area (TPSA) is 54.0 Å². The fourth-order valence-corrected chi connectivity index (χ4v) is 1.57. The zero-order valence-corrected chi connectivity index (χ0v) is 12.0. The van der Waals surface area contributed by atoms with Crippen LogP contribution in [0.15, 0.2) is 18.2 Å². The van der Waals surface area contributed by atoms with E-state index in [0.29, 0.717) is 17.5 Å². The normalized spacial score (nSPS) is 11.9. The number of nitrogens with one attached hydrogen (secondary N) is 2. The Bertz CT molecular complexity index is 384. The van der Waals surface area contributed by atoms with Gasteiger partial charge in [-0.05, 0) is 24.8 Å². The van der Waals surface area contributed by atoms with Gasteiger partial charge in [-0.15, -0.1) is 0 Å². The van der Waals surface area contributed by atoms with E-state index in [4.69, 9.17) is 0 Å². The van der Waals surface area contributed by atoms with Gasteiger partial charge in [0.15, 0.2) is 0 Å². The van der Waals surface area contributed by atoms with E-state index < -0.39 is 0 Å². The second-order valence-electron chi connectivity index (χ2n) is 4.09. The molecule has 0 aliphatic heterocycles. The first-order chi connectivity index (χ1) is 8.67. The maximum Gasteiger partial charge on any atom is 0.270 e. The van der Waals surface area contributed by atoms with Gasteiger partial charge in [0.05, 0.1) is 0 Å². The van der Waals surface area contributed by atoms with Crippen LogP contribution >= 0.6 is 11.8 Å². The molecule has 4 nitrogen and oxygen atoms in total. The molecule has 1 atom stereocenters. The summed E-state index contributed by atoms with van der Waals surface area (Å²) in [5.41, 5.74) is 0.462. The van der Waals surface area contributed by atoms with Crippen LogP contribution in [0.5, 0.6) is 0 Å². The van der Waals surface area contributed by atoms with Gasteiger partial charge in [-0.25, -0.2) is 4.98 Å². The average molecular weight is 267 g/mol. The summed E-state index contributed by atoms with van der Waals surface area (Å²) in [7, 11) is 0. The predicted molar refractivity (Wildman–Crippen MR) is 78.3 cm³/mol. The summed E-state index contributed by atoms with van der Waals surface area (Å²) in [6.07, 6.45) is 3.06. The quantitative estimate of drug-likeness (QED) is 0.796. The van der Waals surface area contributed by atoms with E-state index in [-0.39, 0.29) is 5.91 Å². The molecule has 1 rings (SSSR count). The SMILES string of the molecule is CCCNc1cccc(C(=O)NCC(C)SC)n1. The van der Waals surface area contributed by atoms with Crippen molar-refractivity contribution < 1.29 is 4.79 Å². The van der Waals surface area contributed by atoms with E-state index in [0.717, 1.165) is 18.8 Å². The summed E-state index contributed by atoms with van der Waals surface area (Å²) in [4.78, 5) is 16.2. The summed E-state index contributed by atoms with van der Waals surface area (Å²) in [5.74, 6) is 0.637. The number of aromatic nitrogens is 1. The summed E-state index contributed by atoms with van der Waals surface area (Å²) >= 11 is 1.73. The third-order valence-electron chi connectivity index (χ3n) is 2.49. The first-order valence-electron chi connectivity index (χ1n) is 6.19. The van der Waals surface area contributed by atoms with Crippen molar-refractivity contribution in [2.24, 2.45) is 0 Å². The highest BCUT2D eigenvalue weighted by atomic mass is 32.2. The number of thioether (sulfide) groups is 1. The van der Waals surface area contributed by atoms with E-state index >= 15 is 0 Å². The van der Waals surface area contributed by atoms with Crippen LogP contribution in [0.4, 0.5) is 5.82 Å². The number of pyridine rings is 1. The lowest BCUT2D eigenvalue weighted by molar-refractivity contribution is 0.0949. The molecule has 1 heterocycles. The van der Waals surface area contributed by atoms with Gasteiger partial charge in [-0.1, -0.05) is 19.9 Å². The van der Waals surface area contributed by atoms with E-state index in [9.17, 15) is 4.79 Å². The number of amides is 1. The number of rotatable bonds is 7. The molecule has 0 saturated carbocycles. The molecule has 0 aliphatic carbocycles. The van der Waals surface area contributed by atoms with Gasteiger partial charge < -0.3 is 10.6 Å². The van der Waals surface area contributed by atoms with E-state index in [1.54, 1.807) is 17.8 Å². The molecule has 0 aromatic carbocycles. The zero-order chi connectivity index (χ0) is 13.4. The van der Waals surface area contributed by atoms with Crippen molar-refractivity contribution in [2.45, 2.75) is 25.5 Å². The lowest BCUT2D eigenvalue weighted by atomic mass is 10.3. The standard InChI is InChI=1S/C13H21N3OS/c1-4-8-14-12-7-5-6-11(16-12)13(17)15-9-10(2)18-3/h5-7,10H,4,8-9H2,1-3H3,(H,14,16)(H,15,17). The van der Waals surface area contributed by atoms with Crippen molar-refractivity contribution >= 4 is 23.5 Å². The van der Waals surface area contributed by atoms with Gasteiger partial charge in [0.25, 0.3) is 5.91 Å². The Balaban J connectivity index is 2.56. The van der Waals surface area contributed by atoms with Crippen LogP contribution in [-0.4, -0.2) is 35.5 Å². The van der Waals surface area contributed by atoms with Gasteiger partial charge in [0.1, 0.15) is 11.5 Å². The highest BCUT2D eigenvalue weighted by Gasteiger charge is 2.08. The second kappa shape index (κ2) is 7.97. The third-order valence-corrected chi connectivity index (χ3v) is 3.46. The maximum absolute atomic E-state index is 11.9. The van der Waals surface area contributed by atoms with E-state index in [2.05, 4.69) is 29.5 Å². The van der Waals surface area contributed by atoms with Crippen LogP contribution in [0.3, 0.4) is 0 Å². The van der Waals surface area contributed by atoms with Crippen LogP contribution in [0.2, 0.25) is 0 Å². The summed E-state index contributed by atoms with van der Waals surface area (Å²) in [6, 6.07) is 5.45. The minimum atomic E-state index is -0.115. The lowest BCUT2D eigenvalue weighted by Gasteiger charge is -2.10. The van der Waals surface area contributed by atoms with Gasteiger partial charge in [0, 0.05) is 18.3 Å². The van der Waals surface area contributed by atoms with Crippen LogP contribution in [-0.2, 0) is 0 Å². The van der Waals surface area contributed by atoms with Crippen molar-refractivity contribution in [3.8, 4) is 0 Å². The molecule has 0 saturated heterocycles. The number of anilines is 1. The first kappa shape index (κ1) is 14.8. The highest BCUT2D eigenvalue weighted by Crippen LogP contribution is 2.06. The molecule has 1 aromatic rings. The average Bonchev–Trinajstić information content (AvgIpc) is 2.42. The fraction of sp³-hybridized carbons (Fsp3) is 0.538. The monoisotopic (exact) mass is 267 g/mol. The number of nitrogens with zero attached hydrogens (tertiary/aromatic N) is 1. The summed E-state index contributed by atoms with van der Waals surface area (Å²) in [6.45, 7) is 5.70. The molecule has 0 radical (unpaired) electrons. The molecule has 0 aliphatic rings. The van der Waals surface area contributed by atoms with E-state index in [1.165, 1.54) is 0 Å². The van der Waals surface area contributed by atoms with Crippen LogP contribution in [0.25, 0.3) is 0 Å². The molecule has 0 spiro atoms. The number of carbonyl (C=O) groups excluding carboxylic acids is 1. The molecule has 1 aromatic heterocycles. The molecule has 0 fully saturated rings. The second-order valence-corrected chi connectivity index (χ2v) is 5.37. The predicted octanol–water partition coefficient (Wildman–Crippen LogP) is 2.38. The van der Waals surface area contributed by atoms with E-state index in [1.807, 2.05) is 18.4 Å². The summed E-state index contributed by atoms with van der Waals surface area (Å²) < 4.78 is 0. The number of hydrogen-bond acceptors (Lipinski definition) is 4. The van der Waals surface area contributed by atoms with Crippen molar-refractivity contribution in [2.75, 3.05) is 24.7 Å². The lowest BCUT2D eigenvalue weighted by Crippen LogP contribution is -2.30. The Morgan fingerprint density at radius 2 is 2.28 bits per heavy atom. The molecular formula is C13H21N3OS. The Hall–Kier alpha value is -1.23. The van der Waals surface area contributed by atoms with Crippen molar-refractivity contribution in [1.82, 2.24) is 10.3 Å². The highest BCUT2D eigenvalue weighted by molar-refractivity contribution is 7.99. The largest absolute Gasteiger partial charge is 0.370 e. The van der Waals surface area contributed by atoms with Crippen LogP contribution < -0.4 is 10.6 Å². The molecule has 0 bridgehead atoms. The Morgan fingerprint density at radius 3 is 2.94 bits per heavy atom.